The minimum atomic E-state index is -3.83. The van der Waals surface area contributed by atoms with Crippen molar-refractivity contribution in [2.75, 3.05) is 5.75 Å². The van der Waals surface area contributed by atoms with E-state index in [9.17, 15) is 8.42 Å². The molecule has 4 aliphatic rings. The Morgan fingerprint density at radius 1 is 1.11 bits per heavy atom. The molecule has 4 aliphatic carbocycles. The van der Waals surface area contributed by atoms with Gasteiger partial charge in [-0.3, -0.25) is 4.55 Å². The van der Waals surface area contributed by atoms with Crippen LogP contribution in [0.1, 0.15) is 51.4 Å². The molecule has 1 unspecified atom stereocenters. The summed E-state index contributed by atoms with van der Waals surface area (Å²) in [6.07, 6.45) is 9.18. The summed E-state index contributed by atoms with van der Waals surface area (Å²) in [5.41, 5.74) is 6.71. The topological polar surface area (TPSA) is 80.4 Å². The van der Waals surface area contributed by atoms with Gasteiger partial charge in [0.1, 0.15) is 0 Å². The van der Waals surface area contributed by atoms with Crippen LogP contribution in [0.5, 0.6) is 0 Å². The molecule has 4 rings (SSSR count). The zero-order valence-corrected chi connectivity index (χ0v) is 12.2. The molecule has 0 aromatic rings. The molecule has 4 bridgehead atoms. The molecule has 19 heavy (non-hydrogen) atoms. The van der Waals surface area contributed by atoms with E-state index in [-0.39, 0.29) is 17.2 Å². The third kappa shape index (κ3) is 2.83. The van der Waals surface area contributed by atoms with E-state index < -0.39 is 10.1 Å². The Balaban J connectivity index is 1.61. The van der Waals surface area contributed by atoms with Crippen molar-refractivity contribution < 1.29 is 13.0 Å². The first kappa shape index (κ1) is 13.8. The lowest BCUT2D eigenvalue weighted by Crippen LogP contribution is -2.54. The highest BCUT2D eigenvalue weighted by Crippen LogP contribution is 2.61. The van der Waals surface area contributed by atoms with E-state index in [0.717, 1.165) is 24.2 Å². The van der Waals surface area contributed by atoms with Crippen molar-refractivity contribution in [3.63, 3.8) is 0 Å². The molecule has 0 heterocycles. The molecule has 0 aromatic carbocycles. The Kier molecular flexibility index (Phi) is 3.43. The van der Waals surface area contributed by atoms with Crippen molar-refractivity contribution in [1.82, 2.24) is 0 Å². The summed E-state index contributed by atoms with van der Waals surface area (Å²) in [6.45, 7) is 0. The lowest BCUT2D eigenvalue weighted by molar-refractivity contribution is -0.0682. The minimum absolute atomic E-state index is 0.114. The van der Waals surface area contributed by atoms with Crippen LogP contribution >= 0.6 is 0 Å². The largest absolute Gasteiger partial charge is 0.327 e. The van der Waals surface area contributed by atoms with Gasteiger partial charge >= 0.3 is 0 Å². The summed E-state index contributed by atoms with van der Waals surface area (Å²) in [4.78, 5) is 0. The third-order valence-corrected chi connectivity index (χ3v) is 6.59. The second kappa shape index (κ2) is 4.71. The Labute approximate surface area is 115 Å². The fourth-order valence-electron chi connectivity index (χ4n) is 5.42. The summed E-state index contributed by atoms with van der Waals surface area (Å²) in [5.74, 6) is 2.48. The highest BCUT2D eigenvalue weighted by molar-refractivity contribution is 7.85. The highest BCUT2D eigenvalue weighted by Gasteiger charge is 2.53. The maximum absolute atomic E-state index is 10.8. The van der Waals surface area contributed by atoms with E-state index in [0.29, 0.717) is 6.42 Å². The van der Waals surface area contributed by atoms with E-state index >= 15 is 0 Å². The monoisotopic (exact) mass is 287 g/mol. The van der Waals surface area contributed by atoms with Crippen LogP contribution in [0, 0.1) is 23.2 Å². The van der Waals surface area contributed by atoms with Gasteiger partial charge in [-0.15, -0.1) is 0 Å². The summed E-state index contributed by atoms with van der Waals surface area (Å²) >= 11 is 0. The van der Waals surface area contributed by atoms with Crippen LogP contribution in [0.4, 0.5) is 0 Å². The molecule has 3 N–H and O–H groups in total. The molecule has 5 heteroatoms. The number of rotatable bonds is 5. The summed E-state index contributed by atoms with van der Waals surface area (Å²) in [6, 6.07) is 0.114. The molecule has 0 spiro atoms. The fourth-order valence-corrected chi connectivity index (χ4v) is 5.96. The lowest BCUT2D eigenvalue weighted by Gasteiger charge is -2.59. The molecule has 0 aliphatic heterocycles. The summed E-state index contributed by atoms with van der Waals surface area (Å²) in [5, 5.41) is 0. The molecule has 110 valence electrons. The summed E-state index contributed by atoms with van der Waals surface area (Å²) in [7, 11) is -3.83. The predicted molar refractivity (Wildman–Crippen MR) is 74.2 cm³/mol. The first-order valence-electron chi connectivity index (χ1n) is 7.57. The van der Waals surface area contributed by atoms with Gasteiger partial charge in [0.2, 0.25) is 0 Å². The predicted octanol–water partition coefficient (Wildman–Crippen LogP) is 2.20. The van der Waals surface area contributed by atoms with Gasteiger partial charge in [-0.2, -0.15) is 8.42 Å². The van der Waals surface area contributed by atoms with E-state index in [1.807, 2.05) is 0 Å². The Morgan fingerprint density at radius 3 is 2.00 bits per heavy atom. The van der Waals surface area contributed by atoms with Crippen molar-refractivity contribution >= 4 is 10.1 Å². The van der Waals surface area contributed by atoms with Gasteiger partial charge in [-0.25, -0.2) is 0 Å². The van der Waals surface area contributed by atoms with Gasteiger partial charge in [0.05, 0.1) is 5.75 Å². The molecule has 0 amide bonds. The van der Waals surface area contributed by atoms with Gasteiger partial charge in [0, 0.05) is 6.04 Å². The van der Waals surface area contributed by atoms with E-state index in [4.69, 9.17) is 10.3 Å². The van der Waals surface area contributed by atoms with Gasteiger partial charge in [0.15, 0.2) is 0 Å². The second-order valence-electron chi connectivity index (χ2n) is 7.31. The van der Waals surface area contributed by atoms with Crippen LogP contribution in [0.3, 0.4) is 0 Å². The first-order valence-corrected chi connectivity index (χ1v) is 9.18. The average molecular weight is 287 g/mol. The molecule has 1 atom stereocenters. The van der Waals surface area contributed by atoms with Crippen LogP contribution in [0.2, 0.25) is 0 Å². The van der Waals surface area contributed by atoms with Crippen LogP contribution < -0.4 is 5.73 Å². The molecular formula is C14H25NO3S. The van der Waals surface area contributed by atoms with Crippen molar-refractivity contribution in [3.8, 4) is 0 Å². The molecule has 0 aromatic heterocycles. The fraction of sp³-hybridized carbons (Fsp3) is 1.00. The first-order chi connectivity index (χ1) is 8.86. The van der Waals surface area contributed by atoms with Gasteiger partial charge in [-0.05, 0) is 74.5 Å². The van der Waals surface area contributed by atoms with Crippen molar-refractivity contribution in [2.24, 2.45) is 28.9 Å². The average Bonchev–Trinajstić information content (AvgIpc) is 2.25. The van der Waals surface area contributed by atoms with E-state index in [2.05, 4.69) is 0 Å². The smallest absolute Gasteiger partial charge is 0.264 e. The maximum Gasteiger partial charge on any atom is 0.264 e. The zero-order chi connectivity index (χ0) is 13.7. The quantitative estimate of drug-likeness (QED) is 0.760. The minimum Gasteiger partial charge on any atom is -0.327 e. The lowest BCUT2D eigenvalue weighted by atomic mass is 9.47. The van der Waals surface area contributed by atoms with E-state index in [1.54, 1.807) is 0 Å². The molecule has 0 radical (unpaired) electrons. The normalized spacial score (nSPS) is 42.5. The molecule has 0 saturated heterocycles. The Hall–Kier alpha value is -0.130. The molecule has 4 nitrogen and oxygen atoms in total. The van der Waals surface area contributed by atoms with Gasteiger partial charge in [-0.1, -0.05) is 0 Å². The van der Waals surface area contributed by atoms with Crippen molar-refractivity contribution in [3.05, 3.63) is 0 Å². The SMILES string of the molecule is NC(CCCS(=O)(=O)O)C12CC3CC(CC(C3)C1)C2. The zero-order valence-electron chi connectivity index (χ0n) is 11.4. The third-order valence-electron chi connectivity index (χ3n) is 5.79. The molecule has 4 saturated carbocycles. The van der Waals surface area contributed by atoms with E-state index in [1.165, 1.54) is 38.5 Å². The second-order valence-corrected chi connectivity index (χ2v) is 8.89. The highest BCUT2D eigenvalue weighted by atomic mass is 32.2. The number of hydrogen-bond acceptors (Lipinski definition) is 3. The van der Waals surface area contributed by atoms with Crippen molar-refractivity contribution in [2.45, 2.75) is 57.4 Å². The molecular weight excluding hydrogens is 262 g/mol. The van der Waals surface area contributed by atoms with Crippen LogP contribution in [0.25, 0.3) is 0 Å². The summed E-state index contributed by atoms with van der Waals surface area (Å²) < 4.78 is 30.3. The van der Waals surface area contributed by atoms with Crippen molar-refractivity contribution in [1.29, 1.82) is 0 Å². The van der Waals surface area contributed by atoms with Crippen LogP contribution in [-0.2, 0) is 10.1 Å². The number of hydrogen-bond donors (Lipinski definition) is 2. The van der Waals surface area contributed by atoms with Gasteiger partial charge < -0.3 is 5.73 Å². The number of nitrogens with two attached hydrogens (primary N) is 1. The molecule has 4 fully saturated rings. The Bertz CT molecular complexity index is 410. The van der Waals surface area contributed by atoms with Gasteiger partial charge in [0.25, 0.3) is 10.1 Å². The van der Waals surface area contributed by atoms with Crippen LogP contribution in [0.15, 0.2) is 0 Å². The maximum atomic E-state index is 10.8. The standard InChI is InChI=1S/C14H25NO3S/c15-13(2-1-3-19(16,17)18)14-7-10-4-11(8-14)6-12(5-10)9-14/h10-13H,1-9,15H2,(H,16,17,18). The van der Waals surface area contributed by atoms with Crippen LogP contribution in [-0.4, -0.2) is 24.8 Å². The Morgan fingerprint density at radius 2 is 1.58 bits per heavy atom.